The summed E-state index contributed by atoms with van der Waals surface area (Å²) in [5.41, 5.74) is 6.84. The summed E-state index contributed by atoms with van der Waals surface area (Å²) in [6.45, 7) is 3.88. The Morgan fingerprint density at radius 2 is 1.76 bits per heavy atom. The van der Waals surface area contributed by atoms with Gasteiger partial charge < -0.3 is 10.5 Å². The molecule has 2 N–H and O–H groups in total. The van der Waals surface area contributed by atoms with E-state index in [1.54, 1.807) is 24.3 Å². The van der Waals surface area contributed by atoms with Crippen molar-refractivity contribution in [1.82, 2.24) is 9.55 Å². The molecule has 7 nitrogen and oxygen atoms in total. The SMILES string of the molecule is [CH2][C@H]1S[C@@H](n2ccc(CC(N)=O)nc2=O)[C@@H](F)[C@@H]1OC(=O)c1ccc(-c2ccccc2)cc1. The van der Waals surface area contributed by atoms with Gasteiger partial charge >= 0.3 is 11.7 Å². The molecule has 169 valence electrons. The molecule has 33 heavy (non-hydrogen) atoms. The highest BCUT2D eigenvalue weighted by molar-refractivity contribution is 8.00. The van der Waals surface area contributed by atoms with E-state index in [-0.39, 0.29) is 17.7 Å². The van der Waals surface area contributed by atoms with Gasteiger partial charge in [-0.05, 0) is 36.2 Å². The Bertz CT molecular complexity index is 1220. The molecule has 0 bridgehead atoms. The number of hydrogen-bond donors (Lipinski definition) is 1. The van der Waals surface area contributed by atoms with Crippen molar-refractivity contribution in [2.24, 2.45) is 5.73 Å². The predicted octanol–water partition coefficient (Wildman–Crippen LogP) is 2.95. The number of primary amides is 1. The number of carbonyl (C=O) groups is 2. The first-order valence-electron chi connectivity index (χ1n) is 10.2. The van der Waals surface area contributed by atoms with E-state index in [9.17, 15) is 14.4 Å². The Labute approximate surface area is 193 Å². The Hall–Kier alpha value is -3.46. The fourth-order valence-corrected chi connectivity index (χ4v) is 4.91. The number of carbonyl (C=O) groups excluding carboxylic acids is 2. The molecular formula is C24H21FN3O4S. The van der Waals surface area contributed by atoms with E-state index in [0.717, 1.165) is 27.5 Å². The summed E-state index contributed by atoms with van der Waals surface area (Å²) < 4.78 is 21.8. The van der Waals surface area contributed by atoms with Crippen LogP contribution in [0.5, 0.6) is 0 Å². The van der Waals surface area contributed by atoms with Crippen LogP contribution >= 0.6 is 11.8 Å². The maximum atomic E-state index is 15.2. The minimum absolute atomic E-state index is 0.186. The molecule has 2 aromatic carbocycles. The molecule has 1 aliphatic rings. The van der Waals surface area contributed by atoms with Crippen molar-refractivity contribution < 1.29 is 18.7 Å². The summed E-state index contributed by atoms with van der Waals surface area (Å²) in [7, 11) is 0. The molecule has 9 heteroatoms. The number of halogens is 1. The number of esters is 1. The van der Waals surface area contributed by atoms with Crippen molar-refractivity contribution in [3.63, 3.8) is 0 Å². The van der Waals surface area contributed by atoms with Crippen molar-refractivity contribution in [3.8, 4) is 11.1 Å². The van der Waals surface area contributed by atoms with E-state index in [1.807, 2.05) is 30.3 Å². The van der Waals surface area contributed by atoms with Crippen LogP contribution in [0.15, 0.2) is 71.7 Å². The molecule has 1 radical (unpaired) electrons. The summed E-state index contributed by atoms with van der Waals surface area (Å²) >= 11 is 1.07. The molecular weight excluding hydrogens is 445 g/mol. The van der Waals surface area contributed by atoms with Gasteiger partial charge in [-0.25, -0.2) is 14.0 Å². The molecule has 2 heterocycles. The number of nitrogens with zero attached hydrogens (tertiary/aromatic N) is 2. The number of nitrogens with two attached hydrogens (primary N) is 1. The van der Waals surface area contributed by atoms with Crippen LogP contribution in [-0.2, 0) is 16.0 Å². The second kappa shape index (κ2) is 9.58. The molecule has 1 aromatic heterocycles. The summed E-state index contributed by atoms with van der Waals surface area (Å²) in [5, 5.41) is -1.59. The Morgan fingerprint density at radius 1 is 1.09 bits per heavy atom. The lowest BCUT2D eigenvalue weighted by molar-refractivity contribution is -0.117. The van der Waals surface area contributed by atoms with Gasteiger partial charge in [0.15, 0.2) is 6.17 Å². The fraction of sp³-hybridized carbons (Fsp3) is 0.208. The zero-order chi connectivity index (χ0) is 23.5. The van der Waals surface area contributed by atoms with E-state index in [2.05, 4.69) is 11.9 Å². The largest absolute Gasteiger partial charge is 0.454 e. The number of thioether (sulfide) groups is 1. The molecule has 1 aliphatic heterocycles. The molecule has 4 atom stereocenters. The number of alkyl halides is 1. The first-order valence-corrected chi connectivity index (χ1v) is 11.1. The van der Waals surface area contributed by atoms with Gasteiger partial charge in [0.05, 0.1) is 17.7 Å². The zero-order valence-electron chi connectivity index (χ0n) is 17.5. The predicted molar refractivity (Wildman–Crippen MR) is 123 cm³/mol. The number of benzene rings is 2. The first kappa shape index (κ1) is 22.7. The van der Waals surface area contributed by atoms with E-state index in [1.165, 1.54) is 12.3 Å². The van der Waals surface area contributed by atoms with Crippen molar-refractivity contribution in [2.45, 2.75) is 29.3 Å². The Morgan fingerprint density at radius 3 is 2.39 bits per heavy atom. The van der Waals surface area contributed by atoms with E-state index in [0.29, 0.717) is 0 Å². The highest BCUT2D eigenvalue weighted by Crippen LogP contribution is 2.44. The number of hydrogen-bond acceptors (Lipinski definition) is 6. The monoisotopic (exact) mass is 466 g/mol. The van der Waals surface area contributed by atoms with Crippen LogP contribution < -0.4 is 11.4 Å². The lowest BCUT2D eigenvalue weighted by atomic mass is 10.0. The quantitative estimate of drug-likeness (QED) is 0.560. The maximum Gasteiger partial charge on any atom is 0.348 e. The van der Waals surface area contributed by atoms with E-state index < -0.39 is 40.5 Å². The van der Waals surface area contributed by atoms with Crippen LogP contribution in [0.1, 0.15) is 21.4 Å². The van der Waals surface area contributed by atoms with Crippen molar-refractivity contribution in [1.29, 1.82) is 0 Å². The summed E-state index contributed by atoms with van der Waals surface area (Å²) in [5.74, 6) is -1.29. The van der Waals surface area contributed by atoms with Crippen molar-refractivity contribution in [2.75, 3.05) is 0 Å². The Kier molecular flexibility index (Phi) is 6.60. The van der Waals surface area contributed by atoms with Crippen LogP contribution in [-0.4, -0.2) is 39.0 Å². The maximum absolute atomic E-state index is 15.2. The van der Waals surface area contributed by atoms with E-state index in [4.69, 9.17) is 10.5 Å². The van der Waals surface area contributed by atoms with Gasteiger partial charge in [-0.1, -0.05) is 42.5 Å². The van der Waals surface area contributed by atoms with Gasteiger partial charge in [0.2, 0.25) is 5.91 Å². The molecule has 0 spiro atoms. The molecule has 3 aromatic rings. The Balaban J connectivity index is 1.46. The zero-order valence-corrected chi connectivity index (χ0v) is 18.3. The lowest BCUT2D eigenvalue weighted by Crippen LogP contribution is -2.35. The average molecular weight is 467 g/mol. The number of ether oxygens (including phenoxy) is 1. The second-order valence-electron chi connectivity index (χ2n) is 7.57. The second-order valence-corrected chi connectivity index (χ2v) is 8.94. The molecule has 4 rings (SSSR count). The number of aromatic nitrogens is 2. The van der Waals surface area contributed by atoms with Gasteiger partial charge in [-0.2, -0.15) is 4.98 Å². The van der Waals surface area contributed by atoms with Gasteiger partial charge in [-0.15, -0.1) is 11.8 Å². The van der Waals surface area contributed by atoms with Crippen LogP contribution in [0.25, 0.3) is 11.1 Å². The third kappa shape index (κ3) is 4.98. The molecule has 0 saturated carbocycles. The first-order chi connectivity index (χ1) is 15.8. The van der Waals surface area contributed by atoms with Gasteiger partial charge in [0.25, 0.3) is 0 Å². The molecule has 0 unspecified atom stereocenters. The summed E-state index contributed by atoms with van der Waals surface area (Å²) in [6, 6.07) is 18.0. The molecule has 0 aliphatic carbocycles. The number of amides is 1. The standard InChI is InChI=1S/C24H21FN3O4S/c1-14-21(20(25)22(33-14)28-12-11-18(13-19(26)29)27-24(28)31)32-23(30)17-9-7-16(8-10-17)15-5-3-2-4-6-15/h2-12,14,20-22H,1,13H2,(H2,26,29)/t14-,20+,21-,22-/m1/s1. The smallest absolute Gasteiger partial charge is 0.348 e. The third-order valence-electron chi connectivity index (χ3n) is 5.25. The van der Waals surface area contributed by atoms with Crippen molar-refractivity contribution >= 4 is 23.6 Å². The highest BCUT2D eigenvalue weighted by Gasteiger charge is 2.46. The van der Waals surface area contributed by atoms with E-state index >= 15 is 4.39 Å². The third-order valence-corrected chi connectivity index (χ3v) is 6.64. The molecule has 1 amide bonds. The van der Waals surface area contributed by atoms with Crippen LogP contribution in [0.4, 0.5) is 4.39 Å². The van der Waals surface area contributed by atoms with Crippen LogP contribution in [0.2, 0.25) is 0 Å². The van der Waals surface area contributed by atoms with Gasteiger partial charge in [0.1, 0.15) is 11.5 Å². The average Bonchev–Trinajstić information content (AvgIpc) is 3.07. The lowest BCUT2D eigenvalue weighted by Gasteiger charge is -2.19. The molecule has 1 saturated heterocycles. The number of rotatable bonds is 6. The fourth-order valence-electron chi connectivity index (χ4n) is 3.60. The normalized spacial score (nSPS) is 22.1. The summed E-state index contributed by atoms with van der Waals surface area (Å²) in [4.78, 5) is 39.8. The minimum Gasteiger partial charge on any atom is -0.454 e. The van der Waals surface area contributed by atoms with Crippen LogP contribution in [0, 0.1) is 6.92 Å². The minimum atomic E-state index is -1.67. The topological polar surface area (TPSA) is 104 Å². The summed E-state index contributed by atoms with van der Waals surface area (Å²) in [6.07, 6.45) is -1.64. The van der Waals surface area contributed by atoms with Crippen LogP contribution in [0.3, 0.4) is 0 Å². The highest BCUT2D eigenvalue weighted by atomic mass is 32.2. The van der Waals surface area contributed by atoms with Crippen molar-refractivity contribution in [3.05, 3.63) is 95.5 Å². The van der Waals surface area contributed by atoms with Gasteiger partial charge in [0, 0.05) is 11.4 Å². The van der Waals surface area contributed by atoms with Gasteiger partial charge in [-0.3, -0.25) is 9.36 Å². The molecule has 1 fully saturated rings.